The number of rotatable bonds is 7. The van der Waals surface area contributed by atoms with Gasteiger partial charge in [-0.15, -0.1) is 0 Å². The molecule has 1 aromatic heterocycles. The lowest BCUT2D eigenvalue weighted by Crippen LogP contribution is -2.22. The second-order valence-corrected chi connectivity index (χ2v) is 6.11. The van der Waals surface area contributed by atoms with Gasteiger partial charge in [0.2, 0.25) is 0 Å². The number of hydrogen-bond donors (Lipinski definition) is 1. The zero-order valence-corrected chi connectivity index (χ0v) is 13.8. The van der Waals surface area contributed by atoms with Crippen LogP contribution in [0, 0.1) is 0 Å². The molecule has 0 saturated heterocycles. The molecule has 116 valence electrons. The van der Waals surface area contributed by atoms with Crippen LogP contribution in [0.1, 0.15) is 58.3 Å². The third kappa shape index (κ3) is 3.59. The first kappa shape index (κ1) is 15.9. The lowest BCUT2D eigenvalue weighted by atomic mass is 9.99. The van der Waals surface area contributed by atoms with E-state index in [0.717, 1.165) is 36.7 Å². The van der Waals surface area contributed by atoms with Crippen LogP contribution in [0.2, 0.25) is 0 Å². The first-order chi connectivity index (χ1) is 10.0. The number of para-hydroxylation sites is 1. The fraction of sp³-hybridized carbons (Fsp3) is 0.556. The molecule has 0 aliphatic heterocycles. The van der Waals surface area contributed by atoms with Crippen molar-refractivity contribution in [3.8, 4) is 5.75 Å². The monoisotopic (exact) mass is 289 g/mol. The van der Waals surface area contributed by atoms with Gasteiger partial charge in [-0.2, -0.15) is 0 Å². The Morgan fingerprint density at radius 2 is 1.95 bits per heavy atom. The summed E-state index contributed by atoms with van der Waals surface area (Å²) in [5.41, 5.74) is 2.18. The molecule has 21 heavy (non-hydrogen) atoms. The summed E-state index contributed by atoms with van der Waals surface area (Å²) in [5, 5.41) is 4.63. The van der Waals surface area contributed by atoms with Crippen LogP contribution in [-0.4, -0.2) is 12.6 Å². The summed E-state index contributed by atoms with van der Waals surface area (Å²) < 4.78 is 12.0. The van der Waals surface area contributed by atoms with E-state index >= 15 is 0 Å². The molecule has 2 rings (SSSR count). The van der Waals surface area contributed by atoms with Crippen molar-refractivity contribution in [2.45, 2.75) is 59.5 Å². The summed E-state index contributed by atoms with van der Waals surface area (Å²) in [6, 6.07) is 6.61. The Kier molecular flexibility index (Phi) is 5.29. The molecule has 3 heteroatoms. The van der Waals surface area contributed by atoms with Crippen molar-refractivity contribution < 1.29 is 9.15 Å². The highest BCUT2D eigenvalue weighted by atomic mass is 16.5. The second-order valence-electron chi connectivity index (χ2n) is 6.11. The van der Waals surface area contributed by atoms with Crippen molar-refractivity contribution >= 4 is 11.0 Å². The Morgan fingerprint density at radius 3 is 2.57 bits per heavy atom. The Labute approximate surface area is 127 Å². The standard InChI is InChI=1S/C18H27NO2/c1-6-10-20-15-9-7-8-14-17(12(2)3)16(21-18(14)15)11-19-13(4)5/h7-9,12-13,19H,6,10-11H2,1-5H3. The van der Waals surface area contributed by atoms with Crippen LogP contribution < -0.4 is 10.1 Å². The topological polar surface area (TPSA) is 34.4 Å². The SMILES string of the molecule is CCCOc1cccc2c(C(C)C)c(CNC(C)C)oc12. The highest BCUT2D eigenvalue weighted by Crippen LogP contribution is 2.36. The summed E-state index contributed by atoms with van der Waals surface area (Å²) >= 11 is 0. The molecule has 0 aliphatic rings. The van der Waals surface area contributed by atoms with E-state index in [1.165, 1.54) is 10.9 Å². The number of ether oxygens (including phenoxy) is 1. The molecule has 0 atom stereocenters. The van der Waals surface area contributed by atoms with Gasteiger partial charge in [0.25, 0.3) is 0 Å². The van der Waals surface area contributed by atoms with Crippen molar-refractivity contribution in [3.05, 3.63) is 29.5 Å². The summed E-state index contributed by atoms with van der Waals surface area (Å²) in [6.07, 6.45) is 0.996. The van der Waals surface area contributed by atoms with Crippen LogP contribution in [0.4, 0.5) is 0 Å². The Bertz CT molecular complexity index is 584. The van der Waals surface area contributed by atoms with Crippen LogP contribution >= 0.6 is 0 Å². The van der Waals surface area contributed by atoms with E-state index in [0.29, 0.717) is 12.0 Å². The largest absolute Gasteiger partial charge is 0.490 e. The van der Waals surface area contributed by atoms with Crippen molar-refractivity contribution in [1.82, 2.24) is 5.32 Å². The second kappa shape index (κ2) is 6.99. The minimum Gasteiger partial charge on any atom is -0.490 e. The average molecular weight is 289 g/mol. The zero-order valence-electron chi connectivity index (χ0n) is 13.8. The maximum atomic E-state index is 6.15. The number of benzene rings is 1. The molecule has 1 N–H and O–H groups in total. The third-order valence-corrected chi connectivity index (χ3v) is 3.50. The predicted octanol–water partition coefficient (Wildman–Crippen LogP) is 4.84. The molecule has 0 radical (unpaired) electrons. The van der Waals surface area contributed by atoms with Crippen molar-refractivity contribution in [2.75, 3.05) is 6.61 Å². The van der Waals surface area contributed by atoms with Gasteiger partial charge in [0.05, 0.1) is 13.2 Å². The van der Waals surface area contributed by atoms with Crippen LogP contribution in [0.25, 0.3) is 11.0 Å². The Morgan fingerprint density at radius 1 is 1.19 bits per heavy atom. The van der Waals surface area contributed by atoms with Crippen LogP contribution in [-0.2, 0) is 6.54 Å². The molecule has 0 unspecified atom stereocenters. The van der Waals surface area contributed by atoms with Gasteiger partial charge in [-0.3, -0.25) is 0 Å². The molecule has 3 nitrogen and oxygen atoms in total. The maximum absolute atomic E-state index is 6.15. The molecule has 0 bridgehead atoms. The quantitative estimate of drug-likeness (QED) is 0.791. The summed E-state index contributed by atoms with van der Waals surface area (Å²) in [7, 11) is 0. The van der Waals surface area contributed by atoms with Gasteiger partial charge in [0.15, 0.2) is 11.3 Å². The van der Waals surface area contributed by atoms with Gasteiger partial charge in [0.1, 0.15) is 5.76 Å². The third-order valence-electron chi connectivity index (χ3n) is 3.50. The van der Waals surface area contributed by atoms with Gasteiger partial charge in [-0.1, -0.05) is 46.8 Å². The molecule has 1 aromatic carbocycles. The molecule has 0 saturated carbocycles. The van der Waals surface area contributed by atoms with Crippen LogP contribution in [0.15, 0.2) is 22.6 Å². The Hall–Kier alpha value is -1.48. The molecule has 0 aliphatic carbocycles. The molecule has 0 spiro atoms. The van der Waals surface area contributed by atoms with Crippen molar-refractivity contribution in [3.63, 3.8) is 0 Å². The highest BCUT2D eigenvalue weighted by Gasteiger charge is 2.19. The van der Waals surface area contributed by atoms with E-state index in [1.54, 1.807) is 0 Å². The van der Waals surface area contributed by atoms with E-state index in [4.69, 9.17) is 9.15 Å². The molecule has 1 heterocycles. The fourth-order valence-electron chi connectivity index (χ4n) is 2.55. The van der Waals surface area contributed by atoms with Gasteiger partial charge in [-0.25, -0.2) is 0 Å². The van der Waals surface area contributed by atoms with Gasteiger partial charge in [0, 0.05) is 17.0 Å². The molecule has 0 amide bonds. The first-order valence-electron chi connectivity index (χ1n) is 7.95. The normalized spacial score (nSPS) is 11.8. The van der Waals surface area contributed by atoms with Gasteiger partial charge in [-0.05, 0) is 18.4 Å². The highest BCUT2D eigenvalue weighted by molar-refractivity contribution is 5.87. The predicted molar refractivity (Wildman–Crippen MR) is 88.1 cm³/mol. The van der Waals surface area contributed by atoms with Crippen molar-refractivity contribution in [2.24, 2.45) is 0 Å². The molecule has 0 fully saturated rings. The van der Waals surface area contributed by atoms with Gasteiger partial charge < -0.3 is 14.5 Å². The lowest BCUT2D eigenvalue weighted by molar-refractivity contribution is 0.315. The molecular formula is C18H27NO2. The van der Waals surface area contributed by atoms with Crippen LogP contribution in [0.3, 0.4) is 0 Å². The number of nitrogens with one attached hydrogen (secondary N) is 1. The summed E-state index contributed by atoms with van der Waals surface area (Å²) in [4.78, 5) is 0. The zero-order chi connectivity index (χ0) is 15.4. The average Bonchev–Trinajstić information content (AvgIpc) is 2.81. The molecular weight excluding hydrogens is 262 g/mol. The number of hydrogen-bond acceptors (Lipinski definition) is 3. The van der Waals surface area contributed by atoms with Crippen LogP contribution in [0.5, 0.6) is 5.75 Å². The minimum atomic E-state index is 0.427. The lowest BCUT2D eigenvalue weighted by Gasteiger charge is -2.09. The maximum Gasteiger partial charge on any atom is 0.176 e. The first-order valence-corrected chi connectivity index (χ1v) is 7.95. The number of fused-ring (bicyclic) bond motifs is 1. The van der Waals surface area contributed by atoms with Crippen molar-refractivity contribution in [1.29, 1.82) is 0 Å². The fourth-order valence-corrected chi connectivity index (χ4v) is 2.55. The van der Waals surface area contributed by atoms with E-state index in [1.807, 2.05) is 12.1 Å². The minimum absolute atomic E-state index is 0.427. The van der Waals surface area contributed by atoms with E-state index in [-0.39, 0.29) is 0 Å². The number of furan rings is 1. The Balaban J connectivity index is 2.45. The summed E-state index contributed by atoms with van der Waals surface area (Å²) in [5.74, 6) is 2.31. The summed E-state index contributed by atoms with van der Waals surface area (Å²) in [6.45, 7) is 12.3. The van der Waals surface area contributed by atoms with E-state index in [2.05, 4.69) is 46.0 Å². The van der Waals surface area contributed by atoms with E-state index < -0.39 is 0 Å². The molecule has 2 aromatic rings. The smallest absolute Gasteiger partial charge is 0.176 e. The van der Waals surface area contributed by atoms with E-state index in [9.17, 15) is 0 Å². The van der Waals surface area contributed by atoms with Gasteiger partial charge >= 0.3 is 0 Å².